The van der Waals surface area contributed by atoms with Crippen molar-refractivity contribution in [3.05, 3.63) is 47.3 Å². The van der Waals surface area contributed by atoms with E-state index in [0.717, 1.165) is 12.0 Å². The van der Waals surface area contributed by atoms with Crippen molar-refractivity contribution in [3.8, 4) is 0 Å². The van der Waals surface area contributed by atoms with Gasteiger partial charge in [-0.15, -0.1) is 5.10 Å². The monoisotopic (exact) mass is 225 g/mol. The summed E-state index contributed by atoms with van der Waals surface area (Å²) in [5.74, 6) is -0.220. The van der Waals surface area contributed by atoms with E-state index in [2.05, 4.69) is 10.1 Å². The van der Waals surface area contributed by atoms with Crippen molar-refractivity contribution in [2.24, 2.45) is 0 Å². The zero-order valence-electron chi connectivity index (χ0n) is 7.90. The van der Waals surface area contributed by atoms with Gasteiger partial charge in [-0.05, 0) is 35.7 Å². The van der Waals surface area contributed by atoms with Crippen LogP contribution in [0.1, 0.15) is 5.56 Å². The van der Waals surface area contributed by atoms with E-state index in [-0.39, 0.29) is 11.1 Å². The summed E-state index contributed by atoms with van der Waals surface area (Å²) in [4.78, 5) is 3.80. The fraction of sp³-hybridized carbons (Fsp3) is 0.200. The Labute approximate surface area is 91.5 Å². The van der Waals surface area contributed by atoms with Crippen LogP contribution in [-0.2, 0) is 13.0 Å². The first kappa shape index (κ1) is 10.1. The lowest BCUT2D eigenvalue weighted by atomic mass is 10.1. The van der Waals surface area contributed by atoms with Crippen LogP contribution in [0.3, 0.4) is 0 Å². The van der Waals surface area contributed by atoms with E-state index in [4.69, 9.17) is 11.6 Å². The Morgan fingerprint density at radius 1 is 1.27 bits per heavy atom. The molecule has 1 aromatic carbocycles. The number of rotatable bonds is 3. The van der Waals surface area contributed by atoms with Gasteiger partial charge >= 0.3 is 0 Å². The van der Waals surface area contributed by atoms with Crippen LogP contribution in [0.2, 0.25) is 5.28 Å². The number of hydrogen-bond donors (Lipinski definition) is 0. The third-order valence-corrected chi connectivity index (χ3v) is 2.22. The molecule has 0 aliphatic heterocycles. The molecule has 0 bridgehead atoms. The molecule has 0 aliphatic rings. The summed E-state index contributed by atoms with van der Waals surface area (Å²) < 4.78 is 14.3. The molecule has 78 valence electrons. The molecule has 15 heavy (non-hydrogen) atoms. The first-order chi connectivity index (χ1) is 7.24. The number of hydrogen-bond acceptors (Lipinski definition) is 2. The van der Waals surface area contributed by atoms with Crippen molar-refractivity contribution >= 4 is 11.6 Å². The molecule has 0 spiro atoms. The highest BCUT2D eigenvalue weighted by atomic mass is 35.5. The summed E-state index contributed by atoms with van der Waals surface area (Å²) in [5.41, 5.74) is 1.06. The van der Waals surface area contributed by atoms with Crippen LogP contribution in [0.15, 0.2) is 30.6 Å². The first-order valence-corrected chi connectivity index (χ1v) is 4.91. The molecule has 0 atom stereocenters. The summed E-state index contributed by atoms with van der Waals surface area (Å²) in [6.07, 6.45) is 2.35. The highest BCUT2D eigenvalue weighted by molar-refractivity contribution is 6.28. The second-order valence-corrected chi connectivity index (χ2v) is 3.49. The number of nitrogens with zero attached hydrogens (tertiary/aromatic N) is 3. The minimum absolute atomic E-state index is 0.220. The van der Waals surface area contributed by atoms with Gasteiger partial charge in [0, 0.05) is 6.54 Å². The third kappa shape index (κ3) is 2.76. The van der Waals surface area contributed by atoms with Crippen LogP contribution in [0.4, 0.5) is 4.39 Å². The molecular formula is C10H9ClFN3. The molecule has 1 aromatic heterocycles. The summed E-state index contributed by atoms with van der Waals surface area (Å²) in [5, 5.41) is 4.18. The van der Waals surface area contributed by atoms with Gasteiger partial charge < -0.3 is 0 Å². The number of benzene rings is 1. The van der Waals surface area contributed by atoms with Gasteiger partial charge in [-0.2, -0.15) is 0 Å². The highest BCUT2D eigenvalue weighted by Gasteiger charge is 1.98. The SMILES string of the molecule is Fc1ccc(CCn2cnc(Cl)n2)cc1. The van der Waals surface area contributed by atoms with Crippen molar-refractivity contribution in [3.63, 3.8) is 0 Å². The zero-order valence-corrected chi connectivity index (χ0v) is 8.65. The van der Waals surface area contributed by atoms with Crippen LogP contribution in [0.5, 0.6) is 0 Å². The molecule has 3 nitrogen and oxygen atoms in total. The second kappa shape index (κ2) is 4.40. The molecule has 5 heteroatoms. The summed E-state index contributed by atoms with van der Waals surface area (Å²) in [7, 11) is 0. The van der Waals surface area contributed by atoms with Crippen molar-refractivity contribution in [1.29, 1.82) is 0 Å². The van der Waals surface area contributed by atoms with Crippen molar-refractivity contribution < 1.29 is 4.39 Å². The van der Waals surface area contributed by atoms with E-state index in [1.54, 1.807) is 23.1 Å². The molecule has 2 rings (SSSR count). The molecule has 0 N–H and O–H groups in total. The maximum Gasteiger partial charge on any atom is 0.242 e. The number of aromatic nitrogens is 3. The Kier molecular flexibility index (Phi) is 2.97. The maximum absolute atomic E-state index is 12.6. The fourth-order valence-electron chi connectivity index (χ4n) is 1.27. The van der Waals surface area contributed by atoms with Gasteiger partial charge in [0.25, 0.3) is 0 Å². The molecule has 1 heterocycles. The Morgan fingerprint density at radius 3 is 2.60 bits per heavy atom. The molecule has 0 aliphatic carbocycles. The standard InChI is InChI=1S/C10H9ClFN3/c11-10-13-7-15(14-10)6-5-8-1-3-9(12)4-2-8/h1-4,7H,5-6H2. The quantitative estimate of drug-likeness (QED) is 0.803. The van der Waals surface area contributed by atoms with Crippen LogP contribution in [0, 0.1) is 5.82 Å². The summed E-state index contributed by atoms with van der Waals surface area (Å²) in [6, 6.07) is 6.41. The topological polar surface area (TPSA) is 30.7 Å². The molecule has 0 radical (unpaired) electrons. The van der Waals surface area contributed by atoms with Crippen LogP contribution in [0.25, 0.3) is 0 Å². The molecule has 0 fully saturated rings. The van der Waals surface area contributed by atoms with E-state index in [0.29, 0.717) is 6.54 Å². The molecule has 0 amide bonds. The summed E-state index contributed by atoms with van der Waals surface area (Å²) in [6.45, 7) is 0.686. The van der Waals surface area contributed by atoms with Gasteiger partial charge in [-0.25, -0.2) is 9.37 Å². The van der Waals surface area contributed by atoms with E-state index in [1.807, 2.05) is 0 Å². The lowest BCUT2D eigenvalue weighted by molar-refractivity contribution is 0.608. The van der Waals surface area contributed by atoms with Gasteiger partial charge in [0.05, 0.1) is 0 Å². The molecule has 0 saturated carbocycles. The van der Waals surface area contributed by atoms with Gasteiger partial charge in [-0.1, -0.05) is 12.1 Å². The molecule has 2 aromatic rings. The largest absolute Gasteiger partial charge is 0.251 e. The highest BCUT2D eigenvalue weighted by Crippen LogP contribution is 2.05. The van der Waals surface area contributed by atoms with E-state index in [1.165, 1.54) is 12.1 Å². The summed E-state index contributed by atoms with van der Waals surface area (Å²) >= 11 is 5.57. The van der Waals surface area contributed by atoms with Gasteiger partial charge in [0.1, 0.15) is 12.1 Å². The van der Waals surface area contributed by atoms with E-state index in [9.17, 15) is 4.39 Å². The van der Waals surface area contributed by atoms with Crippen LogP contribution >= 0.6 is 11.6 Å². The normalized spacial score (nSPS) is 10.5. The van der Waals surface area contributed by atoms with Crippen molar-refractivity contribution in [2.75, 3.05) is 0 Å². The number of halogens is 2. The molecular weight excluding hydrogens is 217 g/mol. The predicted octanol–water partition coefficient (Wildman–Crippen LogP) is 2.31. The van der Waals surface area contributed by atoms with Crippen LogP contribution in [-0.4, -0.2) is 14.8 Å². The van der Waals surface area contributed by atoms with Crippen molar-refractivity contribution in [1.82, 2.24) is 14.8 Å². The van der Waals surface area contributed by atoms with Gasteiger partial charge in [-0.3, -0.25) is 4.68 Å². The minimum atomic E-state index is -0.220. The first-order valence-electron chi connectivity index (χ1n) is 4.53. The van der Waals surface area contributed by atoms with Crippen molar-refractivity contribution in [2.45, 2.75) is 13.0 Å². The van der Waals surface area contributed by atoms with E-state index >= 15 is 0 Å². The zero-order chi connectivity index (χ0) is 10.7. The Bertz CT molecular complexity index is 438. The Hall–Kier alpha value is -1.42. The third-order valence-electron chi connectivity index (χ3n) is 2.05. The molecule has 0 saturated heterocycles. The maximum atomic E-state index is 12.6. The minimum Gasteiger partial charge on any atom is -0.251 e. The smallest absolute Gasteiger partial charge is 0.242 e. The van der Waals surface area contributed by atoms with E-state index < -0.39 is 0 Å². The van der Waals surface area contributed by atoms with Gasteiger partial charge in [0.2, 0.25) is 5.28 Å². The Balaban J connectivity index is 1.96. The Morgan fingerprint density at radius 2 is 2.00 bits per heavy atom. The lowest BCUT2D eigenvalue weighted by Gasteiger charge is -2.00. The second-order valence-electron chi connectivity index (χ2n) is 3.15. The predicted molar refractivity (Wildman–Crippen MR) is 55.1 cm³/mol. The number of aryl methyl sites for hydroxylation is 2. The average molecular weight is 226 g/mol. The van der Waals surface area contributed by atoms with Crippen LogP contribution < -0.4 is 0 Å². The average Bonchev–Trinajstić information content (AvgIpc) is 2.64. The molecule has 0 unspecified atom stereocenters. The lowest BCUT2D eigenvalue weighted by Crippen LogP contribution is -2.01. The van der Waals surface area contributed by atoms with Gasteiger partial charge in [0.15, 0.2) is 0 Å². The fourth-order valence-corrected chi connectivity index (χ4v) is 1.42.